The van der Waals surface area contributed by atoms with E-state index < -0.39 is 5.54 Å². The third-order valence-electron chi connectivity index (χ3n) is 6.80. The summed E-state index contributed by atoms with van der Waals surface area (Å²) in [5.74, 6) is 1.73. The molecule has 1 atom stereocenters. The first kappa shape index (κ1) is 23.8. The highest BCUT2D eigenvalue weighted by molar-refractivity contribution is 5.95. The molecule has 5 rings (SSSR count). The normalized spacial score (nSPS) is 16.7. The van der Waals surface area contributed by atoms with Crippen LogP contribution in [0.5, 0.6) is 5.75 Å². The molecule has 1 aliphatic heterocycles. The number of amides is 1. The number of aromatic nitrogens is 6. The standard InChI is InChI=1S/C25H33N9O2/c1-15(2)28-23(35)25(3,4)33-14-17(12-27-33)32-11-7-8-16(13-32)21-30-22-18-9-6-10-19(36-5)20(18)29-24(26)34(22)31-21/h6,9-10,12,14-16H,7-8,11,13H2,1-5H3,(H2,26,29)(H,28,35)/t16-/m1/s1. The van der Waals surface area contributed by atoms with Crippen molar-refractivity contribution in [3.05, 3.63) is 36.4 Å². The molecule has 0 radical (unpaired) electrons. The average Bonchev–Trinajstić information content (AvgIpc) is 3.53. The monoisotopic (exact) mass is 491 g/mol. The Balaban J connectivity index is 1.42. The number of carbonyl (C=O) groups excluding carboxylic acids is 1. The third kappa shape index (κ3) is 4.08. The number of carbonyl (C=O) groups is 1. The van der Waals surface area contributed by atoms with Crippen LogP contribution in [-0.2, 0) is 10.3 Å². The fraction of sp³-hybridized carbons (Fsp3) is 0.480. The molecule has 4 heterocycles. The van der Waals surface area contributed by atoms with Gasteiger partial charge in [0.1, 0.15) is 16.8 Å². The van der Waals surface area contributed by atoms with Gasteiger partial charge in [-0.05, 0) is 52.7 Å². The molecule has 1 amide bonds. The molecule has 0 saturated carbocycles. The summed E-state index contributed by atoms with van der Waals surface area (Å²) < 4.78 is 8.81. The second kappa shape index (κ2) is 8.96. The predicted octanol–water partition coefficient (Wildman–Crippen LogP) is 2.71. The lowest BCUT2D eigenvalue weighted by Crippen LogP contribution is -2.47. The van der Waals surface area contributed by atoms with Gasteiger partial charge in [-0.15, -0.1) is 5.10 Å². The number of nitrogens with two attached hydrogens (primary N) is 1. The lowest BCUT2D eigenvalue weighted by Gasteiger charge is -2.32. The Hall–Kier alpha value is -3.89. The largest absolute Gasteiger partial charge is 0.494 e. The molecule has 1 saturated heterocycles. The Morgan fingerprint density at radius 3 is 2.83 bits per heavy atom. The maximum absolute atomic E-state index is 12.7. The van der Waals surface area contributed by atoms with Gasteiger partial charge in [0.05, 0.1) is 19.0 Å². The number of benzene rings is 1. The molecule has 1 fully saturated rings. The van der Waals surface area contributed by atoms with E-state index in [0.717, 1.165) is 42.8 Å². The summed E-state index contributed by atoms with van der Waals surface area (Å²) in [7, 11) is 1.61. The third-order valence-corrected chi connectivity index (χ3v) is 6.80. The van der Waals surface area contributed by atoms with Crippen molar-refractivity contribution in [3.8, 4) is 5.75 Å². The van der Waals surface area contributed by atoms with Gasteiger partial charge in [-0.3, -0.25) is 9.48 Å². The van der Waals surface area contributed by atoms with E-state index in [1.807, 2.05) is 58.3 Å². The molecule has 11 nitrogen and oxygen atoms in total. The van der Waals surface area contributed by atoms with Crippen LogP contribution in [0.4, 0.5) is 11.6 Å². The van der Waals surface area contributed by atoms with Gasteiger partial charge in [-0.1, -0.05) is 6.07 Å². The molecular weight excluding hydrogens is 458 g/mol. The molecule has 1 aromatic carbocycles. The van der Waals surface area contributed by atoms with Crippen molar-refractivity contribution in [2.45, 2.75) is 58.0 Å². The molecule has 36 heavy (non-hydrogen) atoms. The van der Waals surface area contributed by atoms with E-state index >= 15 is 0 Å². The van der Waals surface area contributed by atoms with E-state index in [-0.39, 0.29) is 23.8 Å². The molecule has 190 valence electrons. The molecule has 4 aromatic rings. The Kier molecular flexibility index (Phi) is 5.93. The van der Waals surface area contributed by atoms with Gasteiger partial charge in [0, 0.05) is 36.6 Å². The van der Waals surface area contributed by atoms with Crippen LogP contribution in [-0.4, -0.2) is 61.5 Å². The minimum absolute atomic E-state index is 0.0624. The van der Waals surface area contributed by atoms with E-state index in [1.165, 1.54) is 0 Å². The lowest BCUT2D eigenvalue weighted by atomic mass is 9.97. The summed E-state index contributed by atoms with van der Waals surface area (Å²) in [5, 5.41) is 13.1. The summed E-state index contributed by atoms with van der Waals surface area (Å²) in [4.78, 5) is 24.4. The van der Waals surface area contributed by atoms with E-state index in [2.05, 4.69) is 20.3 Å². The van der Waals surface area contributed by atoms with Crippen LogP contribution in [0.2, 0.25) is 0 Å². The number of methoxy groups -OCH3 is 1. The van der Waals surface area contributed by atoms with E-state index in [4.69, 9.17) is 20.6 Å². The fourth-order valence-corrected chi connectivity index (χ4v) is 4.73. The molecular formula is C25H33N9O2. The van der Waals surface area contributed by atoms with Crippen LogP contribution in [0.15, 0.2) is 30.6 Å². The average molecular weight is 492 g/mol. The number of nitrogens with zero attached hydrogens (tertiary/aromatic N) is 7. The highest BCUT2D eigenvalue weighted by Gasteiger charge is 2.32. The zero-order valence-corrected chi connectivity index (χ0v) is 21.4. The van der Waals surface area contributed by atoms with Crippen LogP contribution in [0.3, 0.4) is 0 Å². The van der Waals surface area contributed by atoms with Crippen LogP contribution in [0.1, 0.15) is 52.3 Å². The summed E-state index contributed by atoms with van der Waals surface area (Å²) in [6, 6.07) is 5.79. The van der Waals surface area contributed by atoms with Crippen LogP contribution < -0.4 is 20.7 Å². The van der Waals surface area contributed by atoms with Gasteiger partial charge < -0.3 is 20.7 Å². The molecule has 11 heteroatoms. The summed E-state index contributed by atoms with van der Waals surface area (Å²) in [6.07, 6.45) is 5.73. The zero-order chi connectivity index (χ0) is 25.6. The fourth-order valence-electron chi connectivity index (χ4n) is 4.73. The van der Waals surface area contributed by atoms with Crippen LogP contribution >= 0.6 is 0 Å². The number of ether oxygens (including phenoxy) is 1. The van der Waals surface area contributed by atoms with Crippen molar-refractivity contribution in [1.82, 2.24) is 34.7 Å². The topological polar surface area (TPSA) is 128 Å². The van der Waals surface area contributed by atoms with E-state index in [0.29, 0.717) is 16.9 Å². The Bertz CT molecular complexity index is 1420. The summed E-state index contributed by atoms with van der Waals surface area (Å²) >= 11 is 0. The van der Waals surface area contributed by atoms with Crippen molar-refractivity contribution in [2.24, 2.45) is 0 Å². The van der Waals surface area contributed by atoms with Crippen LogP contribution in [0.25, 0.3) is 16.6 Å². The molecule has 0 aliphatic carbocycles. The Morgan fingerprint density at radius 1 is 1.28 bits per heavy atom. The second-order valence-corrected chi connectivity index (χ2v) is 10.1. The lowest BCUT2D eigenvalue weighted by molar-refractivity contribution is -0.129. The van der Waals surface area contributed by atoms with Crippen molar-refractivity contribution in [3.63, 3.8) is 0 Å². The first-order valence-corrected chi connectivity index (χ1v) is 12.3. The number of nitrogen functional groups attached to an aromatic ring is 1. The molecule has 3 aromatic heterocycles. The number of anilines is 2. The number of piperidine rings is 1. The number of fused-ring (bicyclic) bond motifs is 3. The predicted molar refractivity (Wildman–Crippen MR) is 138 cm³/mol. The van der Waals surface area contributed by atoms with Gasteiger partial charge >= 0.3 is 0 Å². The molecule has 0 bridgehead atoms. The molecule has 0 unspecified atom stereocenters. The van der Waals surface area contributed by atoms with E-state index in [1.54, 1.807) is 16.3 Å². The highest BCUT2D eigenvalue weighted by atomic mass is 16.5. The zero-order valence-electron chi connectivity index (χ0n) is 21.4. The minimum Gasteiger partial charge on any atom is -0.494 e. The van der Waals surface area contributed by atoms with Gasteiger partial charge in [-0.2, -0.15) is 9.61 Å². The number of nitrogens with one attached hydrogen (secondary N) is 1. The maximum Gasteiger partial charge on any atom is 0.247 e. The minimum atomic E-state index is -0.798. The Morgan fingerprint density at radius 2 is 2.08 bits per heavy atom. The summed E-state index contributed by atoms with van der Waals surface area (Å²) in [6.45, 7) is 9.30. The number of hydrogen-bond acceptors (Lipinski definition) is 8. The smallest absolute Gasteiger partial charge is 0.247 e. The number of para-hydroxylation sites is 1. The quantitative estimate of drug-likeness (QED) is 0.421. The Labute approximate surface area is 209 Å². The molecule has 1 aliphatic rings. The molecule has 0 spiro atoms. The first-order valence-electron chi connectivity index (χ1n) is 12.3. The van der Waals surface area contributed by atoms with Crippen LogP contribution in [0, 0.1) is 0 Å². The van der Waals surface area contributed by atoms with Gasteiger partial charge in [-0.25, -0.2) is 9.97 Å². The molecule has 3 N–H and O–H groups in total. The number of rotatable bonds is 6. The van der Waals surface area contributed by atoms with Gasteiger partial charge in [0.15, 0.2) is 11.5 Å². The van der Waals surface area contributed by atoms with Gasteiger partial charge in [0.2, 0.25) is 11.9 Å². The SMILES string of the molecule is COc1cccc2c1nc(N)n1nc([C@@H]3CCCN(c4cnn(C(C)(C)C(=O)NC(C)C)c4)C3)nc21. The van der Waals surface area contributed by atoms with Crippen molar-refractivity contribution >= 4 is 34.1 Å². The first-order chi connectivity index (χ1) is 17.2. The highest BCUT2D eigenvalue weighted by Crippen LogP contribution is 2.32. The summed E-state index contributed by atoms with van der Waals surface area (Å²) in [5.41, 5.74) is 7.77. The van der Waals surface area contributed by atoms with E-state index in [9.17, 15) is 4.79 Å². The van der Waals surface area contributed by atoms with Crippen molar-refractivity contribution in [2.75, 3.05) is 30.8 Å². The van der Waals surface area contributed by atoms with Gasteiger partial charge in [0.25, 0.3) is 0 Å². The van der Waals surface area contributed by atoms with Crippen molar-refractivity contribution < 1.29 is 9.53 Å². The van der Waals surface area contributed by atoms with Crippen molar-refractivity contribution in [1.29, 1.82) is 0 Å². The maximum atomic E-state index is 12.7. The number of hydrogen-bond donors (Lipinski definition) is 2. The second-order valence-electron chi connectivity index (χ2n) is 10.1.